The number of fused-ring (bicyclic) bond motifs is 2. The maximum absolute atomic E-state index is 11.9. The summed E-state index contributed by atoms with van der Waals surface area (Å²) in [5, 5.41) is 28.6. The Kier molecular flexibility index (Phi) is 10.1. The molecule has 2 heteroatoms. The molecule has 60 heavy (non-hydrogen) atoms. The average molecular weight is 779 g/mol. The minimum atomic E-state index is -0.410. The SMILES string of the molecule is CC(C)(c1cccc(C(C)(C)c2cc(Cc3ccc4ccccc4c3)c(O)c(-c3ccccc3)c2)c1)c1cc(Cc2ccc3ccccc3c2)c(O)c(-c2ccccc2)c1. The summed E-state index contributed by atoms with van der Waals surface area (Å²) in [5.41, 5.74) is 11.6. The Bertz CT molecular complexity index is 2790. The topological polar surface area (TPSA) is 40.5 Å². The highest BCUT2D eigenvalue weighted by molar-refractivity contribution is 5.84. The van der Waals surface area contributed by atoms with E-state index in [0.717, 1.165) is 55.6 Å². The van der Waals surface area contributed by atoms with Gasteiger partial charge in [-0.15, -0.1) is 0 Å². The molecule has 0 aliphatic carbocycles. The lowest BCUT2D eigenvalue weighted by Crippen LogP contribution is -2.23. The third-order valence-electron chi connectivity index (χ3n) is 12.7. The standard InChI is InChI=1S/C58H50O2/c1-57(2,51-34-47(55(59)53(37-51)43-18-7-5-8-19-43)32-39-26-28-41-16-11-13-22-45(41)30-39)49-24-15-25-50(36-49)58(3,4)52-35-48(56(60)54(38-52)44-20-9-6-10-21-44)33-40-27-29-42-17-12-14-23-46(42)31-40/h5-31,34-38,59-60H,32-33H2,1-4H3. The van der Waals surface area contributed by atoms with Crippen molar-refractivity contribution in [2.45, 2.75) is 51.4 Å². The fourth-order valence-corrected chi connectivity index (χ4v) is 8.82. The fourth-order valence-electron chi connectivity index (χ4n) is 8.82. The van der Waals surface area contributed by atoms with Crippen molar-refractivity contribution < 1.29 is 10.2 Å². The molecule has 0 bridgehead atoms. The highest BCUT2D eigenvalue weighted by Crippen LogP contribution is 2.44. The monoisotopic (exact) mass is 778 g/mol. The molecule has 0 spiro atoms. The second kappa shape index (κ2) is 15.7. The van der Waals surface area contributed by atoms with Gasteiger partial charge in [0.15, 0.2) is 0 Å². The number of benzene rings is 9. The van der Waals surface area contributed by atoms with E-state index in [1.165, 1.54) is 32.7 Å². The maximum Gasteiger partial charge on any atom is 0.126 e. The molecule has 0 radical (unpaired) electrons. The van der Waals surface area contributed by atoms with Crippen LogP contribution in [0.3, 0.4) is 0 Å². The summed E-state index contributed by atoms with van der Waals surface area (Å²) in [4.78, 5) is 0. The minimum Gasteiger partial charge on any atom is -0.507 e. The second-order valence-electron chi connectivity index (χ2n) is 17.3. The van der Waals surface area contributed by atoms with Crippen molar-refractivity contribution in [2.75, 3.05) is 0 Å². The van der Waals surface area contributed by atoms with Crippen molar-refractivity contribution in [3.63, 3.8) is 0 Å². The quantitative estimate of drug-likeness (QED) is 0.145. The third kappa shape index (κ3) is 7.46. The molecule has 0 fully saturated rings. The zero-order valence-electron chi connectivity index (χ0n) is 34.8. The van der Waals surface area contributed by atoms with Gasteiger partial charge in [0.2, 0.25) is 0 Å². The largest absolute Gasteiger partial charge is 0.507 e. The van der Waals surface area contributed by atoms with Crippen LogP contribution in [0.4, 0.5) is 0 Å². The molecule has 0 amide bonds. The molecule has 0 aliphatic rings. The molecule has 2 N–H and O–H groups in total. The first-order valence-corrected chi connectivity index (χ1v) is 20.9. The van der Waals surface area contributed by atoms with Gasteiger partial charge in [-0.2, -0.15) is 0 Å². The van der Waals surface area contributed by atoms with E-state index in [4.69, 9.17) is 0 Å². The summed E-state index contributed by atoms with van der Waals surface area (Å²) in [6.45, 7) is 9.15. The lowest BCUT2D eigenvalue weighted by atomic mass is 9.72. The van der Waals surface area contributed by atoms with Crippen LogP contribution in [-0.2, 0) is 23.7 Å². The minimum absolute atomic E-state index is 0.324. The Balaban J connectivity index is 1.12. The van der Waals surface area contributed by atoms with Crippen LogP contribution in [0, 0.1) is 0 Å². The molecular formula is C58H50O2. The third-order valence-corrected chi connectivity index (χ3v) is 12.7. The van der Waals surface area contributed by atoms with E-state index in [9.17, 15) is 10.2 Å². The van der Waals surface area contributed by atoms with Gasteiger partial charge >= 0.3 is 0 Å². The van der Waals surface area contributed by atoms with E-state index >= 15 is 0 Å². The van der Waals surface area contributed by atoms with Crippen molar-refractivity contribution >= 4 is 21.5 Å². The molecule has 2 nitrogen and oxygen atoms in total. The Morgan fingerprint density at radius 2 is 0.717 bits per heavy atom. The van der Waals surface area contributed by atoms with Gasteiger partial charge < -0.3 is 10.2 Å². The number of phenolic OH excluding ortho intramolecular Hbond substituents is 2. The summed E-state index contributed by atoms with van der Waals surface area (Å²) < 4.78 is 0. The summed E-state index contributed by atoms with van der Waals surface area (Å²) in [6, 6.07) is 68.2. The maximum atomic E-state index is 11.9. The first-order chi connectivity index (χ1) is 29.0. The first kappa shape index (κ1) is 38.6. The highest BCUT2D eigenvalue weighted by Gasteiger charge is 2.30. The summed E-state index contributed by atoms with van der Waals surface area (Å²) >= 11 is 0. The van der Waals surface area contributed by atoms with Gasteiger partial charge in [0.25, 0.3) is 0 Å². The lowest BCUT2D eigenvalue weighted by Gasteiger charge is -2.32. The van der Waals surface area contributed by atoms with Crippen LogP contribution >= 0.6 is 0 Å². The zero-order chi connectivity index (χ0) is 41.4. The van der Waals surface area contributed by atoms with E-state index in [2.05, 4.69) is 185 Å². The Morgan fingerprint density at radius 3 is 1.13 bits per heavy atom. The molecular weight excluding hydrogens is 729 g/mol. The van der Waals surface area contributed by atoms with Crippen molar-refractivity contribution in [3.05, 3.63) is 239 Å². The zero-order valence-corrected chi connectivity index (χ0v) is 34.8. The average Bonchev–Trinajstić information content (AvgIpc) is 3.28. The Morgan fingerprint density at radius 1 is 0.333 bits per heavy atom. The molecule has 9 aromatic carbocycles. The molecule has 0 aromatic heterocycles. The number of hydrogen-bond donors (Lipinski definition) is 2. The molecule has 0 unspecified atom stereocenters. The fraction of sp³-hybridized carbons (Fsp3) is 0.138. The van der Waals surface area contributed by atoms with Crippen LogP contribution in [0.25, 0.3) is 43.8 Å². The summed E-state index contributed by atoms with van der Waals surface area (Å²) in [5.74, 6) is 0.648. The van der Waals surface area contributed by atoms with Gasteiger partial charge in [-0.3, -0.25) is 0 Å². The van der Waals surface area contributed by atoms with Crippen LogP contribution in [0.5, 0.6) is 11.5 Å². The molecule has 0 saturated heterocycles. The summed E-state index contributed by atoms with van der Waals surface area (Å²) in [6.07, 6.45) is 1.22. The smallest absolute Gasteiger partial charge is 0.126 e. The van der Waals surface area contributed by atoms with Crippen LogP contribution < -0.4 is 0 Å². The second-order valence-corrected chi connectivity index (χ2v) is 17.3. The lowest BCUT2D eigenvalue weighted by molar-refractivity contribution is 0.470. The molecule has 0 atom stereocenters. The van der Waals surface area contributed by atoms with Gasteiger partial charge in [-0.1, -0.05) is 210 Å². The predicted molar refractivity (Wildman–Crippen MR) is 251 cm³/mol. The van der Waals surface area contributed by atoms with Gasteiger partial charge in [0.05, 0.1) is 0 Å². The molecule has 9 aromatic rings. The molecule has 0 aliphatic heterocycles. The van der Waals surface area contributed by atoms with E-state index in [1.54, 1.807) is 0 Å². The number of rotatable bonds is 10. The van der Waals surface area contributed by atoms with Crippen LogP contribution in [0.1, 0.15) is 72.2 Å². The van der Waals surface area contributed by atoms with Crippen LogP contribution in [-0.4, -0.2) is 10.2 Å². The molecule has 0 saturated carbocycles. The number of hydrogen-bond acceptors (Lipinski definition) is 2. The van der Waals surface area contributed by atoms with Crippen molar-refractivity contribution in [2.24, 2.45) is 0 Å². The molecule has 0 heterocycles. The van der Waals surface area contributed by atoms with Crippen molar-refractivity contribution in [3.8, 4) is 33.8 Å². The molecule has 9 rings (SSSR count). The van der Waals surface area contributed by atoms with E-state index in [0.29, 0.717) is 24.3 Å². The molecule has 294 valence electrons. The van der Waals surface area contributed by atoms with Gasteiger partial charge in [-0.25, -0.2) is 0 Å². The van der Waals surface area contributed by atoms with Crippen LogP contribution in [0.15, 0.2) is 194 Å². The summed E-state index contributed by atoms with van der Waals surface area (Å²) in [7, 11) is 0. The van der Waals surface area contributed by atoms with E-state index < -0.39 is 10.8 Å². The van der Waals surface area contributed by atoms with E-state index in [1.807, 2.05) is 36.4 Å². The number of phenols is 2. The van der Waals surface area contributed by atoms with Crippen LogP contribution in [0.2, 0.25) is 0 Å². The number of aromatic hydroxyl groups is 2. The normalized spacial score (nSPS) is 11.9. The predicted octanol–water partition coefficient (Wildman–Crippen LogP) is 14.6. The van der Waals surface area contributed by atoms with E-state index in [-0.39, 0.29) is 0 Å². The van der Waals surface area contributed by atoms with Gasteiger partial charge in [0.1, 0.15) is 11.5 Å². The van der Waals surface area contributed by atoms with Crippen molar-refractivity contribution in [1.29, 1.82) is 0 Å². The van der Waals surface area contributed by atoms with Gasteiger partial charge in [-0.05, 0) is 89.3 Å². The first-order valence-electron chi connectivity index (χ1n) is 20.9. The van der Waals surface area contributed by atoms with Gasteiger partial charge in [0, 0.05) is 34.8 Å². The Hall–Kier alpha value is -6.90. The van der Waals surface area contributed by atoms with Crippen molar-refractivity contribution in [1.82, 2.24) is 0 Å². The highest BCUT2D eigenvalue weighted by atomic mass is 16.3. The Labute approximate surface area is 354 Å².